The first-order chi connectivity index (χ1) is 13.2. The summed E-state index contributed by atoms with van der Waals surface area (Å²) in [7, 11) is 1.60. The van der Waals surface area contributed by atoms with Crippen molar-refractivity contribution in [2.45, 2.75) is 39.8 Å². The van der Waals surface area contributed by atoms with Crippen LogP contribution in [0.4, 0.5) is 11.6 Å². The number of carbonyl (C=O) groups excluding carboxylic acids is 2. The Bertz CT molecular complexity index is 995. The van der Waals surface area contributed by atoms with Crippen molar-refractivity contribution in [3.05, 3.63) is 42.0 Å². The fourth-order valence-electron chi connectivity index (χ4n) is 2.54. The lowest BCUT2D eigenvalue weighted by molar-refractivity contribution is 0.101. The largest absolute Gasteiger partial charge is 0.304 e. The Morgan fingerprint density at radius 1 is 0.857 bits per heavy atom. The van der Waals surface area contributed by atoms with Crippen LogP contribution >= 0.6 is 0 Å². The highest BCUT2D eigenvalue weighted by Gasteiger charge is 2.19. The fourth-order valence-corrected chi connectivity index (χ4v) is 2.54. The molecular formula is C18H24N8O2. The number of hydrogen-bond acceptors (Lipinski definition) is 5. The van der Waals surface area contributed by atoms with Gasteiger partial charge in [0.15, 0.2) is 17.3 Å². The van der Waals surface area contributed by atoms with E-state index in [0.29, 0.717) is 11.6 Å². The molecule has 10 nitrogen and oxygen atoms in total. The maximum atomic E-state index is 12.5. The smallest absolute Gasteiger partial charge is 0.277 e. The molecule has 0 aliphatic carbocycles. The maximum absolute atomic E-state index is 12.5. The first kappa shape index (κ1) is 19.3. The zero-order chi connectivity index (χ0) is 20.4. The number of nitrogens with zero attached hydrogens (tertiary/aromatic N) is 6. The predicted molar refractivity (Wildman–Crippen MR) is 104 cm³/mol. The number of amides is 2. The monoisotopic (exact) mass is 384 g/mol. The second-order valence-corrected chi connectivity index (χ2v) is 7.00. The van der Waals surface area contributed by atoms with Crippen LogP contribution in [0.2, 0.25) is 0 Å². The van der Waals surface area contributed by atoms with Crippen molar-refractivity contribution < 1.29 is 9.59 Å². The van der Waals surface area contributed by atoms with Crippen LogP contribution < -0.4 is 10.6 Å². The lowest BCUT2D eigenvalue weighted by Gasteiger charge is -2.04. The Morgan fingerprint density at radius 3 is 1.82 bits per heavy atom. The quantitative estimate of drug-likeness (QED) is 0.678. The molecule has 0 aromatic carbocycles. The van der Waals surface area contributed by atoms with E-state index in [1.165, 1.54) is 10.7 Å². The van der Waals surface area contributed by atoms with Crippen LogP contribution in [0.25, 0.3) is 0 Å². The molecule has 0 saturated carbocycles. The molecule has 148 valence electrons. The van der Waals surface area contributed by atoms with Gasteiger partial charge in [0.1, 0.15) is 5.69 Å². The summed E-state index contributed by atoms with van der Waals surface area (Å²) in [6, 6.07) is 5.24. The van der Waals surface area contributed by atoms with Gasteiger partial charge in [0, 0.05) is 49.7 Å². The number of aromatic nitrogens is 6. The van der Waals surface area contributed by atoms with E-state index < -0.39 is 11.8 Å². The minimum Gasteiger partial charge on any atom is -0.304 e. The summed E-state index contributed by atoms with van der Waals surface area (Å²) in [5.74, 6) is 0.0274. The summed E-state index contributed by atoms with van der Waals surface area (Å²) in [5.41, 5.74) is 0.372. The van der Waals surface area contributed by atoms with Gasteiger partial charge in [-0.1, -0.05) is 0 Å². The number of anilines is 2. The van der Waals surface area contributed by atoms with Crippen LogP contribution in [0.5, 0.6) is 0 Å². The van der Waals surface area contributed by atoms with Gasteiger partial charge in [-0.05, 0) is 27.7 Å². The topological polar surface area (TPSA) is 112 Å². The molecule has 10 heteroatoms. The minimum atomic E-state index is -0.437. The van der Waals surface area contributed by atoms with E-state index in [1.54, 1.807) is 40.9 Å². The highest BCUT2D eigenvalue weighted by molar-refractivity contribution is 6.06. The van der Waals surface area contributed by atoms with Crippen LogP contribution in [0.1, 0.15) is 60.8 Å². The summed E-state index contributed by atoms with van der Waals surface area (Å²) in [4.78, 5) is 25.0. The van der Waals surface area contributed by atoms with Gasteiger partial charge in [-0.25, -0.2) is 0 Å². The highest BCUT2D eigenvalue weighted by atomic mass is 16.2. The molecule has 3 heterocycles. The molecule has 0 fully saturated rings. The third-order valence-corrected chi connectivity index (χ3v) is 4.10. The van der Waals surface area contributed by atoms with E-state index >= 15 is 0 Å². The third-order valence-electron chi connectivity index (χ3n) is 4.10. The van der Waals surface area contributed by atoms with Crippen LogP contribution in [0.15, 0.2) is 30.6 Å². The Kier molecular flexibility index (Phi) is 5.30. The maximum Gasteiger partial charge on any atom is 0.277 e. The first-order valence-corrected chi connectivity index (χ1v) is 9.01. The summed E-state index contributed by atoms with van der Waals surface area (Å²) < 4.78 is 4.84. The number of rotatable bonds is 6. The molecule has 0 aliphatic rings. The minimum absolute atomic E-state index is 0.124. The molecule has 2 N–H and O–H groups in total. The van der Waals surface area contributed by atoms with E-state index in [1.807, 2.05) is 27.7 Å². The van der Waals surface area contributed by atoms with Gasteiger partial charge in [0.2, 0.25) is 0 Å². The van der Waals surface area contributed by atoms with Crippen molar-refractivity contribution >= 4 is 23.5 Å². The highest BCUT2D eigenvalue weighted by Crippen LogP contribution is 2.13. The second kappa shape index (κ2) is 7.67. The van der Waals surface area contributed by atoms with Crippen LogP contribution in [0.3, 0.4) is 0 Å². The number of nitrogens with one attached hydrogen (secondary N) is 2. The van der Waals surface area contributed by atoms with Crippen LogP contribution in [-0.4, -0.2) is 41.2 Å². The first-order valence-electron chi connectivity index (χ1n) is 9.01. The fraction of sp³-hybridized carbons (Fsp3) is 0.389. The number of aryl methyl sites for hydroxylation is 1. The molecule has 2 amide bonds. The molecule has 0 radical (unpaired) electrons. The lowest BCUT2D eigenvalue weighted by Crippen LogP contribution is -2.16. The van der Waals surface area contributed by atoms with Crippen LogP contribution in [0, 0.1) is 0 Å². The van der Waals surface area contributed by atoms with E-state index in [4.69, 9.17) is 0 Å². The number of carbonyl (C=O) groups is 2. The Morgan fingerprint density at radius 2 is 1.36 bits per heavy atom. The molecule has 0 spiro atoms. The van der Waals surface area contributed by atoms with Gasteiger partial charge in [-0.2, -0.15) is 15.3 Å². The molecule has 0 saturated heterocycles. The van der Waals surface area contributed by atoms with Gasteiger partial charge in [-0.3, -0.25) is 23.6 Å². The van der Waals surface area contributed by atoms with Crippen molar-refractivity contribution in [1.29, 1.82) is 0 Å². The molecular weight excluding hydrogens is 360 g/mol. The molecule has 3 aromatic rings. The molecule has 0 atom stereocenters. The second-order valence-electron chi connectivity index (χ2n) is 7.00. The van der Waals surface area contributed by atoms with E-state index in [0.717, 1.165) is 0 Å². The molecule has 0 bridgehead atoms. The lowest BCUT2D eigenvalue weighted by atomic mass is 10.3. The Balaban J connectivity index is 1.70. The van der Waals surface area contributed by atoms with Crippen molar-refractivity contribution in [1.82, 2.24) is 29.3 Å². The predicted octanol–water partition coefficient (Wildman–Crippen LogP) is 2.48. The van der Waals surface area contributed by atoms with Crippen LogP contribution in [-0.2, 0) is 7.05 Å². The summed E-state index contributed by atoms with van der Waals surface area (Å²) in [6.45, 7) is 7.97. The molecule has 3 aromatic heterocycles. The van der Waals surface area contributed by atoms with Crippen molar-refractivity contribution in [2.75, 3.05) is 10.6 Å². The average Bonchev–Trinajstić information content (AvgIpc) is 3.34. The molecule has 0 aliphatic heterocycles. The van der Waals surface area contributed by atoms with E-state index in [2.05, 4.69) is 25.9 Å². The van der Waals surface area contributed by atoms with Gasteiger partial charge in [0.05, 0.1) is 0 Å². The summed E-state index contributed by atoms with van der Waals surface area (Å²) in [5, 5.41) is 18.1. The summed E-state index contributed by atoms with van der Waals surface area (Å²) in [6.07, 6.45) is 3.58. The van der Waals surface area contributed by atoms with E-state index in [-0.39, 0.29) is 23.5 Å². The SMILES string of the molecule is CC(C)n1ccc(NC(=O)c2cc(C(=O)Nc3ccn(C(C)C)n3)n(C)n2)n1. The standard InChI is InChI=1S/C18H24N8O2/c1-11(2)25-8-6-15(22-25)19-17(27)13-10-14(24(5)21-13)18(28)20-16-7-9-26(23-16)12(3)4/h6-12H,1-5H3,(H,19,22,27)(H,20,23,28). The molecule has 0 unspecified atom stereocenters. The zero-order valence-corrected chi connectivity index (χ0v) is 16.5. The van der Waals surface area contributed by atoms with Gasteiger partial charge < -0.3 is 10.6 Å². The van der Waals surface area contributed by atoms with Gasteiger partial charge in [0.25, 0.3) is 11.8 Å². The zero-order valence-electron chi connectivity index (χ0n) is 16.5. The van der Waals surface area contributed by atoms with Gasteiger partial charge >= 0.3 is 0 Å². The number of hydrogen-bond donors (Lipinski definition) is 2. The van der Waals surface area contributed by atoms with E-state index in [9.17, 15) is 9.59 Å². The molecule has 3 rings (SSSR count). The van der Waals surface area contributed by atoms with Crippen molar-refractivity contribution in [3.63, 3.8) is 0 Å². The normalized spacial score (nSPS) is 11.2. The Hall–Kier alpha value is -3.43. The third kappa shape index (κ3) is 4.11. The van der Waals surface area contributed by atoms with Crippen molar-refractivity contribution in [2.24, 2.45) is 7.05 Å². The van der Waals surface area contributed by atoms with Gasteiger partial charge in [-0.15, -0.1) is 0 Å². The summed E-state index contributed by atoms with van der Waals surface area (Å²) >= 11 is 0. The average molecular weight is 384 g/mol. The molecule has 28 heavy (non-hydrogen) atoms. The van der Waals surface area contributed by atoms with Crippen molar-refractivity contribution in [3.8, 4) is 0 Å². The Labute approximate surface area is 162 Å².